The molecule has 0 radical (unpaired) electrons. The zero-order valence-corrected chi connectivity index (χ0v) is 17.3. The van der Waals surface area contributed by atoms with Crippen LogP contribution >= 0.6 is 11.6 Å². The smallest absolute Gasteiger partial charge is 0.372 e. The van der Waals surface area contributed by atoms with Crippen molar-refractivity contribution in [3.05, 3.63) is 88.7 Å². The summed E-state index contributed by atoms with van der Waals surface area (Å²) in [5.74, 6) is 0.645. The van der Waals surface area contributed by atoms with Gasteiger partial charge in [-0.05, 0) is 72.3 Å². The first-order valence-electron chi connectivity index (χ1n) is 9.20. The number of hydrogen-bond donors (Lipinski definition) is 0. The molecule has 0 bridgehead atoms. The van der Waals surface area contributed by atoms with Crippen LogP contribution in [0.25, 0.3) is 0 Å². The van der Waals surface area contributed by atoms with Crippen molar-refractivity contribution in [1.29, 1.82) is 0 Å². The van der Waals surface area contributed by atoms with Crippen molar-refractivity contribution >= 4 is 23.8 Å². The molecule has 0 aromatic heterocycles. The Morgan fingerprint density at radius 3 is 2.39 bits per heavy atom. The van der Waals surface area contributed by atoms with E-state index < -0.39 is 5.97 Å². The highest BCUT2D eigenvalue weighted by molar-refractivity contribution is 6.30. The van der Waals surface area contributed by atoms with Crippen LogP contribution in [0.15, 0.2) is 71.9 Å². The van der Waals surface area contributed by atoms with Gasteiger partial charge in [-0.3, -0.25) is 0 Å². The third-order valence-electron chi connectivity index (χ3n) is 4.04. The third-order valence-corrected chi connectivity index (χ3v) is 4.29. The Kier molecular flexibility index (Phi) is 7.84. The predicted molar refractivity (Wildman–Crippen MR) is 114 cm³/mol. The van der Waals surface area contributed by atoms with Gasteiger partial charge in [0.25, 0.3) is 0 Å². The second-order valence-corrected chi connectivity index (χ2v) is 6.69. The molecule has 6 nitrogen and oxygen atoms in total. The van der Waals surface area contributed by atoms with E-state index in [1.54, 1.807) is 61.7 Å². The summed E-state index contributed by atoms with van der Waals surface area (Å²) in [5, 5.41) is 4.26. The lowest BCUT2D eigenvalue weighted by Gasteiger charge is -2.11. The number of nitrogens with zero attached hydrogens (tertiary/aromatic N) is 1. The summed E-state index contributed by atoms with van der Waals surface area (Å²) in [6.45, 7) is -0.0937. The molecular formula is C23H19ClFNO5. The maximum Gasteiger partial charge on any atom is 0.372 e. The maximum atomic E-state index is 13.0. The van der Waals surface area contributed by atoms with Crippen molar-refractivity contribution in [2.24, 2.45) is 5.16 Å². The van der Waals surface area contributed by atoms with Gasteiger partial charge in [0.15, 0.2) is 6.61 Å². The van der Waals surface area contributed by atoms with E-state index in [0.717, 1.165) is 5.56 Å². The zero-order valence-electron chi connectivity index (χ0n) is 16.6. The second-order valence-electron chi connectivity index (χ2n) is 6.25. The van der Waals surface area contributed by atoms with Crippen LogP contribution in [0.3, 0.4) is 0 Å². The van der Waals surface area contributed by atoms with Crippen molar-refractivity contribution in [3.63, 3.8) is 0 Å². The molecule has 160 valence electrons. The molecule has 3 rings (SSSR count). The lowest BCUT2D eigenvalue weighted by atomic mass is 10.1. The van der Waals surface area contributed by atoms with Crippen molar-refractivity contribution < 1.29 is 28.2 Å². The Balaban J connectivity index is 1.54. The molecule has 31 heavy (non-hydrogen) atoms. The van der Waals surface area contributed by atoms with Crippen LogP contribution in [0, 0.1) is 5.82 Å². The Labute approximate surface area is 183 Å². The summed E-state index contributed by atoms with van der Waals surface area (Å²) < 4.78 is 29.3. The number of carbonyl (C=O) groups excluding carboxylic acids is 1. The van der Waals surface area contributed by atoms with Gasteiger partial charge in [-0.25, -0.2) is 9.18 Å². The highest BCUT2D eigenvalue weighted by atomic mass is 35.5. The number of benzene rings is 3. The normalized spacial score (nSPS) is 10.7. The summed E-state index contributed by atoms with van der Waals surface area (Å²) >= 11 is 5.79. The molecule has 0 fully saturated rings. The van der Waals surface area contributed by atoms with Gasteiger partial charge in [-0.1, -0.05) is 16.8 Å². The van der Waals surface area contributed by atoms with Crippen molar-refractivity contribution in [2.45, 2.75) is 6.61 Å². The Bertz CT molecular complexity index is 1040. The minimum absolute atomic E-state index is 0.200. The zero-order chi connectivity index (χ0) is 22.1. The molecule has 0 spiro atoms. The predicted octanol–water partition coefficient (Wildman–Crippen LogP) is 5.02. The van der Waals surface area contributed by atoms with Crippen LogP contribution in [0.1, 0.15) is 11.1 Å². The van der Waals surface area contributed by atoms with E-state index in [9.17, 15) is 9.18 Å². The Hall–Kier alpha value is -3.58. The minimum atomic E-state index is -0.653. The van der Waals surface area contributed by atoms with Crippen LogP contribution in [0.2, 0.25) is 5.02 Å². The van der Waals surface area contributed by atoms with E-state index in [1.165, 1.54) is 18.3 Å². The van der Waals surface area contributed by atoms with Gasteiger partial charge in [-0.2, -0.15) is 0 Å². The van der Waals surface area contributed by atoms with E-state index in [4.69, 9.17) is 30.6 Å². The molecule has 0 aliphatic rings. The SMILES string of the molecule is COc1ccc(C=NOC(=O)COc2ccc(Cl)cc2)cc1COc1ccc(F)cc1. The second kappa shape index (κ2) is 11.0. The van der Waals surface area contributed by atoms with Crippen molar-refractivity contribution in [2.75, 3.05) is 13.7 Å². The summed E-state index contributed by atoms with van der Waals surface area (Å²) in [4.78, 5) is 16.6. The number of ether oxygens (including phenoxy) is 3. The van der Waals surface area contributed by atoms with E-state index in [-0.39, 0.29) is 19.0 Å². The summed E-state index contributed by atoms with van der Waals surface area (Å²) in [5.41, 5.74) is 1.41. The lowest BCUT2D eigenvalue weighted by Crippen LogP contribution is -2.12. The summed E-state index contributed by atoms with van der Waals surface area (Å²) in [6.07, 6.45) is 1.39. The summed E-state index contributed by atoms with van der Waals surface area (Å²) in [6, 6.07) is 17.6. The quantitative estimate of drug-likeness (QED) is 0.264. The van der Waals surface area contributed by atoms with Gasteiger partial charge >= 0.3 is 5.97 Å². The maximum absolute atomic E-state index is 13.0. The number of rotatable bonds is 9. The fraction of sp³-hybridized carbons (Fsp3) is 0.130. The molecule has 0 saturated heterocycles. The van der Waals surface area contributed by atoms with Crippen LogP contribution in [-0.2, 0) is 16.2 Å². The van der Waals surface area contributed by atoms with Crippen molar-refractivity contribution in [1.82, 2.24) is 0 Å². The van der Waals surface area contributed by atoms with Crippen LogP contribution in [-0.4, -0.2) is 25.9 Å². The first-order chi connectivity index (χ1) is 15.0. The van der Waals surface area contributed by atoms with Gasteiger partial charge in [0.2, 0.25) is 0 Å². The molecule has 0 heterocycles. The van der Waals surface area contributed by atoms with Gasteiger partial charge in [0, 0.05) is 10.6 Å². The molecule has 0 aliphatic carbocycles. The van der Waals surface area contributed by atoms with E-state index in [1.807, 2.05) is 0 Å². The van der Waals surface area contributed by atoms with Crippen LogP contribution in [0.5, 0.6) is 17.2 Å². The Morgan fingerprint density at radius 1 is 1.00 bits per heavy atom. The first kappa shape index (κ1) is 22.1. The third kappa shape index (κ3) is 7.01. The standard InChI is InChI=1S/C23H19ClFNO5/c1-28-22-11-2-16(12-17(22)14-29-21-9-5-19(25)6-10-21)13-26-31-23(27)15-30-20-7-3-18(24)4-8-20/h2-13H,14-15H2,1H3. The number of carbonyl (C=O) groups is 1. The van der Waals surface area contributed by atoms with Crippen molar-refractivity contribution in [3.8, 4) is 17.2 Å². The lowest BCUT2D eigenvalue weighted by molar-refractivity contribution is -0.145. The van der Waals surface area contributed by atoms with Gasteiger partial charge in [-0.15, -0.1) is 0 Å². The molecule has 0 unspecified atom stereocenters. The molecule has 8 heteroatoms. The molecule has 3 aromatic rings. The average Bonchev–Trinajstić information content (AvgIpc) is 2.78. The van der Waals surface area contributed by atoms with Gasteiger partial charge in [0.1, 0.15) is 29.7 Å². The molecule has 3 aromatic carbocycles. The average molecular weight is 444 g/mol. The van der Waals surface area contributed by atoms with E-state index in [2.05, 4.69) is 5.16 Å². The molecule has 0 atom stereocenters. The number of oxime groups is 1. The van der Waals surface area contributed by atoms with E-state index >= 15 is 0 Å². The monoisotopic (exact) mass is 443 g/mol. The molecule has 0 N–H and O–H groups in total. The van der Waals surface area contributed by atoms with E-state index in [0.29, 0.717) is 27.8 Å². The largest absolute Gasteiger partial charge is 0.496 e. The fourth-order valence-corrected chi connectivity index (χ4v) is 2.65. The van der Waals surface area contributed by atoms with Gasteiger partial charge < -0.3 is 19.0 Å². The first-order valence-corrected chi connectivity index (χ1v) is 9.58. The molecule has 0 saturated carbocycles. The molecular weight excluding hydrogens is 425 g/mol. The number of halogens is 2. The Morgan fingerprint density at radius 2 is 1.68 bits per heavy atom. The molecule has 0 amide bonds. The number of hydrogen-bond acceptors (Lipinski definition) is 6. The van der Waals surface area contributed by atoms with Crippen LogP contribution in [0.4, 0.5) is 4.39 Å². The fourth-order valence-electron chi connectivity index (χ4n) is 2.53. The highest BCUT2D eigenvalue weighted by Crippen LogP contribution is 2.22. The minimum Gasteiger partial charge on any atom is -0.496 e. The van der Waals surface area contributed by atoms with Crippen LogP contribution < -0.4 is 14.2 Å². The highest BCUT2D eigenvalue weighted by Gasteiger charge is 2.07. The topological polar surface area (TPSA) is 66.4 Å². The number of methoxy groups -OCH3 is 1. The molecule has 0 aliphatic heterocycles. The van der Waals surface area contributed by atoms with Gasteiger partial charge in [0.05, 0.1) is 13.3 Å². The summed E-state index contributed by atoms with van der Waals surface area (Å²) in [7, 11) is 1.55.